The number of ether oxygens (including phenoxy) is 1. The topological polar surface area (TPSA) is 21.3 Å². The van der Waals surface area contributed by atoms with Gasteiger partial charge in [-0.05, 0) is 50.3 Å². The molecule has 2 fully saturated rings. The third-order valence-electron chi connectivity index (χ3n) is 4.57. The molecule has 1 spiro atoms. The number of benzene rings is 1. The Morgan fingerprint density at radius 2 is 2.11 bits per heavy atom. The third-order valence-corrected chi connectivity index (χ3v) is 5.06. The quantitative estimate of drug-likeness (QED) is 0.854. The van der Waals surface area contributed by atoms with E-state index in [1.165, 1.54) is 43.4 Å². The van der Waals surface area contributed by atoms with Gasteiger partial charge in [0.2, 0.25) is 0 Å². The van der Waals surface area contributed by atoms with Crippen LogP contribution in [0.3, 0.4) is 0 Å². The molecule has 1 aromatic rings. The van der Waals surface area contributed by atoms with Crippen LogP contribution in [-0.4, -0.2) is 18.2 Å². The van der Waals surface area contributed by atoms with Crippen molar-refractivity contribution in [2.24, 2.45) is 0 Å². The molecular weight excluding hydrogens is 302 g/mol. The highest BCUT2D eigenvalue weighted by Gasteiger charge is 2.39. The van der Waals surface area contributed by atoms with Gasteiger partial charge in [-0.15, -0.1) is 0 Å². The lowest BCUT2D eigenvalue weighted by Gasteiger charge is -2.39. The molecule has 0 bridgehead atoms. The summed E-state index contributed by atoms with van der Waals surface area (Å²) in [4.78, 5) is 0. The molecule has 2 nitrogen and oxygen atoms in total. The summed E-state index contributed by atoms with van der Waals surface area (Å²) >= 11 is 3.56. The molecule has 1 atom stereocenters. The van der Waals surface area contributed by atoms with Gasteiger partial charge in [-0.2, -0.15) is 0 Å². The van der Waals surface area contributed by atoms with Crippen LogP contribution >= 0.6 is 15.9 Å². The molecule has 0 radical (unpaired) electrons. The van der Waals surface area contributed by atoms with Gasteiger partial charge in [0.25, 0.3) is 0 Å². The van der Waals surface area contributed by atoms with E-state index in [0.29, 0.717) is 6.04 Å². The van der Waals surface area contributed by atoms with Crippen molar-refractivity contribution in [3.05, 3.63) is 28.2 Å². The number of anilines is 1. The second-order valence-electron chi connectivity index (χ2n) is 6.03. The van der Waals surface area contributed by atoms with Crippen LogP contribution in [0.5, 0.6) is 0 Å². The highest BCUT2D eigenvalue weighted by molar-refractivity contribution is 9.10. The fraction of sp³-hybridized carbons (Fsp3) is 0.625. The van der Waals surface area contributed by atoms with E-state index in [1.54, 1.807) is 0 Å². The van der Waals surface area contributed by atoms with E-state index in [0.717, 1.165) is 17.5 Å². The maximum absolute atomic E-state index is 6.10. The summed E-state index contributed by atoms with van der Waals surface area (Å²) in [6.07, 6.45) is 7.46. The number of hydrogen-bond acceptors (Lipinski definition) is 2. The zero-order valence-electron chi connectivity index (χ0n) is 11.5. The summed E-state index contributed by atoms with van der Waals surface area (Å²) in [7, 11) is 0. The first-order valence-electron chi connectivity index (χ1n) is 7.34. The lowest BCUT2D eigenvalue weighted by molar-refractivity contribution is -0.0767. The Morgan fingerprint density at radius 1 is 1.32 bits per heavy atom. The average Bonchev–Trinajstić information content (AvgIpc) is 2.82. The molecule has 2 aliphatic rings. The molecule has 3 heteroatoms. The SMILES string of the molecule is Cc1ccc(Br)cc1NC1CCOC2(CCCC2)C1. The minimum atomic E-state index is 0.190. The summed E-state index contributed by atoms with van der Waals surface area (Å²) in [6, 6.07) is 7.01. The lowest BCUT2D eigenvalue weighted by Crippen LogP contribution is -2.42. The first-order chi connectivity index (χ1) is 9.17. The number of aryl methyl sites for hydroxylation is 1. The van der Waals surface area contributed by atoms with Crippen LogP contribution in [0.1, 0.15) is 44.1 Å². The number of hydrogen-bond donors (Lipinski definition) is 1. The van der Waals surface area contributed by atoms with Crippen molar-refractivity contribution in [1.29, 1.82) is 0 Å². The van der Waals surface area contributed by atoms with Crippen LogP contribution < -0.4 is 5.32 Å². The van der Waals surface area contributed by atoms with Gasteiger partial charge in [-0.3, -0.25) is 0 Å². The number of nitrogens with one attached hydrogen (secondary N) is 1. The maximum Gasteiger partial charge on any atom is 0.0702 e. The predicted molar refractivity (Wildman–Crippen MR) is 82.7 cm³/mol. The van der Waals surface area contributed by atoms with Gasteiger partial charge >= 0.3 is 0 Å². The predicted octanol–water partition coefficient (Wildman–Crippen LogP) is 4.66. The first-order valence-corrected chi connectivity index (χ1v) is 8.13. The summed E-state index contributed by atoms with van der Waals surface area (Å²) in [5.41, 5.74) is 2.76. The average molecular weight is 324 g/mol. The van der Waals surface area contributed by atoms with Gasteiger partial charge in [-0.25, -0.2) is 0 Å². The molecule has 1 unspecified atom stereocenters. The van der Waals surface area contributed by atoms with Crippen molar-refractivity contribution < 1.29 is 4.74 Å². The Morgan fingerprint density at radius 3 is 2.89 bits per heavy atom. The Bertz CT molecular complexity index is 454. The van der Waals surface area contributed by atoms with Crippen LogP contribution in [0.2, 0.25) is 0 Å². The zero-order chi connectivity index (χ0) is 13.3. The minimum Gasteiger partial charge on any atom is -0.382 e. The van der Waals surface area contributed by atoms with Crippen molar-refractivity contribution in [1.82, 2.24) is 0 Å². The van der Waals surface area contributed by atoms with E-state index >= 15 is 0 Å². The molecule has 1 saturated heterocycles. The van der Waals surface area contributed by atoms with Crippen LogP contribution in [0.25, 0.3) is 0 Å². The van der Waals surface area contributed by atoms with E-state index in [2.05, 4.69) is 46.4 Å². The fourth-order valence-corrected chi connectivity index (χ4v) is 3.85. The second kappa shape index (κ2) is 5.45. The normalized spacial score (nSPS) is 25.7. The molecule has 1 heterocycles. The molecule has 1 aliphatic carbocycles. The van der Waals surface area contributed by atoms with Crippen molar-refractivity contribution in [2.75, 3.05) is 11.9 Å². The van der Waals surface area contributed by atoms with Gasteiger partial charge in [-0.1, -0.05) is 34.8 Å². The van der Waals surface area contributed by atoms with E-state index < -0.39 is 0 Å². The van der Waals surface area contributed by atoms with Crippen LogP contribution in [0, 0.1) is 6.92 Å². The zero-order valence-corrected chi connectivity index (χ0v) is 13.1. The van der Waals surface area contributed by atoms with Crippen molar-refractivity contribution >= 4 is 21.6 Å². The van der Waals surface area contributed by atoms with Crippen molar-refractivity contribution in [3.63, 3.8) is 0 Å². The number of rotatable bonds is 2. The molecule has 3 rings (SSSR count). The van der Waals surface area contributed by atoms with Gasteiger partial charge < -0.3 is 10.1 Å². The van der Waals surface area contributed by atoms with Crippen molar-refractivity contribution in [3.8, 4) is 0 Å². The Kier molecular flexibility index (Phi) is 3.86. The molecular formula is C16H22BrNO. The highest BCUT2D eigenvalue weighted by Crippen LogP contribution is 2.40. The molecule has 104 valence electrons. The molecule has 1 aromatic carbocycles. The Labute approximate surface area is 124 Å². The molecule has 1 saturated carbocycles. The van der Waals surface area contributed by atoms with E-state index in [4.69, 9.17) is 4.74 Å². The van der Waals surface area contributed by atoms with Gasteiger partial charge in [0.05, 0.1) is 5.60 Å². The van der Waals surface area contributed by atoms with E-state index in [1.807, 2.05) is 0 Å². The minimum absolute atomic E-state index is 0.190. The Balaban J connectivity index is 1.70. The third kappa shape index (κ3) is 2.97. The monoisotopic (exact) mass is 323 g/mol. The molecule has 0 amide bonds. The molecule has 19 heavy (non-hydrogen) atoms. The maximum atomic E-state index is 6.10. The summed E-state index contributed by atoms with van der Waals surface area (Å²) in [5, 5.41) is 3.73. The van der Waals surface area contributed by atoms with Gasteiger partial charge in [0.15, 0.2) is 0 Å². The standard InChI is InChI=1S/C16H22BrNO/c1-12-4-5-13(17)10-15(12)18-14-6-9-19-16(11-14)7-2-3-8-16/h4-5,10,14,18H,2-3,6-9,11H2,1H3. The van der Waals surface area contributed by atoms with E-state index in [-0.39, 0.29) is 5.60 Å². The fourth-order valence-electron chi connectivity index (χ4n) is 3.49. The lowest BCUT2D eigenvalue weighted by atomic mass is 9.88. The summed E-state index contributed by atoms with van der Waals surface area (Å²) < 4.78 is 7.24. The Hall–Kier alpha value is -0.540. The molecule has 1 N–H and O–H groups in total. The highest BCUT2D eigenvalue weighted by atomic mass is 79.9. The first kappa shape index (κ1) is 13.4. The number of halogens is 1. The van der Waals surface area contributed by atoms with Crippen LogP contribution in [0.4, 0.5) is 5.69 Å². The summed E-state index contributed by atoms with van der Waals surface area (Å²) in [6.45, 7) is 3.07. The van der Waals surface area contributed by atoms with Crippen molar-refractivity contribution in [2.45, 2.75) is 57.1 Å². The second-order valence-corrected chi connectivity index (χ2v) is 6.95. The smallest absolute Gasteiger partial charge is 0.0702 e. The van der Waals surface area contributed by atoms with E-state index in [9.17, 15) is 0 Å². The van der Waals surface area contributed by atoms with Crippen LogP contribution in [0.15, 0.2) is 22.7 Å². The van der Waals surface area contributed by atoms with Gasteiger partial charge in [0, 0.05) is 22.8 Å². The van der Waals surface area contributed by atoms with Crippen LogP contribution in [-0.2, 0) is 4.74 Å². The molecule has 1 aliphatic heterocycles. The summed E-state index contributed by atoms with van der Waals surface area (Å²) in [5.74, 6) is 0. The van der Waals surface area contributed by atoms with Gasteiger partial charge in [0.1, 0.15) is 0 Å². The largest absolute Gasteiger partial charge is 0.382 e. The molecule has 0 aromatic heterocycles.